The van der Waals surface area contributed by atoms with Crippen molar-refractivity contribution in [2.45, 2.75) is 17.4 Å². The second-order valence-corrected chi connectivity index (χ2v) is 12.6. The van der Waals surface area contributed by atoms with Crippen LogP contribution in [0.2, 0.25) is 0 Å². The van der Waals surface area contributed by atoms with Crippen molar-refractivity contribution in [2.75, 3.05) is 49.1 Å². The minimum absolute atomic E-state index is 0. The zero-order valence-corrected chi connectivity index (χ0v) is 29.1. The van der Waals surface area contributed by atoms with Gasteiger partial charge in [0.05, 0.1) is 31.0 Å². The predicted molar refractivity (Wildman–Crippen MR) is 188 cm³/mol. The molecule has 3 heterocycles. The molecule has 6 rings (SSSR count). The van der Waals surface area contributed by atoms with Crippen LogP contribution >= 0.6 is 24.8 Å². The van der Waals surface area contributed by atoms with Crippen LogP contribution in [0.25, 0.3) is 0 Å². The molecule has 2 aliphatic rings. The van der Waals surface area contributed by atoms with Crippen molar-refractivity contribution in [1.29, 1.82) is 5.26 Å². The van der Waals surface area contributed by atoms with Gasteiger partial charge in [-0.1, -0.05) is 30.3 Å². The molecule has 1 saturated heterocycles. The van der Waals surface area contributed by atoms with E-state index in [0.717, 1.165) is 5.69 Å². The summed E-state index contributed by atoms with van der Waals surface area (Å²) in [5.41, 5.74) is -0.591. The number of methoxy groups -OCH3 is 1. The van der Waals surface area contributed by atoms with E-state index >= 15 is 4.79 Å². The molecule has 1 fully saturated rings. The normalized spacial score (nSPS) is 16.8. The lowest BCUT2D eigenvalue weighted by Crippen LogP contribution is -2.60. The number of carbonyl (C=O) groups is 2. The number of halogens is 2. The van der Waals surface area contributed by atoms with E-state index in [1.807, 2.05) is 12.1 Å². The number of hydrogen-bond donors (Lipinski definition) is 1. The minimum Gasteiger partial charge on any atom is -0.495 e. The number of nitrogens with zero attached hydrogens (tertiary/aromatic N) is 5. The first-order valence-electron chi connectivity index (χ1n) is 15.0. The van der Waals surface area contributed by atoms with Crippen LogP contribution in [0.5, 0.6) is 11.5 Å². The molecule has 2 aliphatic heterocycles. The topological polar surface area (TPSA) is 145 Å². The van der Waals surface area contributed by atoms with Gasteiger partial charge in [0.25, 0.3) is 15.9 Å². The van der Waals surface area contributed by atoms with Gasteiger partial charge in [0, 0.05) is 55.4 Å². The van der Waals surface area contributed by atoms with E-state index < -0.39 is 27.5 Å². The number of anilines is 2. The Morgan fingerprint density at radius 2 is 1.59 bits per heavy atom. The molecule has 0 radical (unpaired) electrons. The van der Waals surface area contributed by atoms with Gasteiger partial charge in [0.1, 0.15) is 16.4 Å². The van der Waals surface area contributed by atoms with Gasteiger partial charge in [-0.2, -0.15) is 9.57 Å². The summed E-state index contributed by atoms with van der Waals surface area (Å²) in [5.74, 6) is -0.640. The number of nitriles is 1. The van der Waals surface area contributed by atoms with Gasteiger partial charge in [-0.3, -0.25) is 9.78 Å². The van der Waals surface area contributed by atoms with E-state index in [2.05, 4.69) is 21.3 Å². The molecule has 3 aromatic carbocycles. The lowest BCUT2D eigenvalue weighted by Gasteiger charge is -2.38. The van der Waals surface area contributed by atoms with Crippen LogP contribution in [-0.4, -0.2) is 70.1 Å². The van der Waals surface area contributed by atoms with Crippen molar-refractivity contribution in [3.8, 4) is 17.6 Å². The number of para-hydroxylation sites is 2. The zero-order valence-electron chi connectivity index (χ0n) is 26.6. The van der Waals surface area contributed by atoms with Crippen molar-refractivity contribution < 1.29 is 27.5 Å². The highest BCUT2D eigenvalue weighted by atomic mass is 35.5. The van der Waals surface area contributed by atoms with E-state index in [4.69, 9.17) is 9.47 Å². The van der Waals surface area contributed by atoms with E-state index in [1.165, 1.54) is 43.5 Å². The van der Waals surface area contributed by atoms with Crippen molar-refractivity contribution >= 4 is 58.2 Å². The highest BCUT2D eigenvalue weighted by molar-refractivity contribution is 7.93. The van der Waals surface area contributed by atoms with Crippen molar-refractivity contribution in [1.82, 2.24) is 15.2 Å². The summed E-state index contributed by atoms with van der Waals surface area (Å²) in [6.07, 6.45) is 3.41. The maximum absolute atomic E-state index is 15.0. The van der Waals surface area contributed by atoms with Crippen molar-refractivity contribution in [3.05, 3.63) is 108 Å². The molecule has 4 aromatic rings. The fourth-order valence-corrected chi connectivity index (χ4v) is 7.72. The number of rotatable bonds is 8. The monoisotopic (exact) mass is 724 g/mol. The molecule has 15 heteroatoms. The summed E-state index contributed by atoms with van der Waals surface area (Å²) in [5, 5.41) is 12.8. The van der Waals surface area contributed by atoms with Crippen molar-refractivity contribution in [3.63, 3.8) is 0 Å². The third-order valence-electron chi connectivity index (χ3n) is 8.32. The number of sulfonamides is 1. The van der Waals surface area contributed by atoms with Gasteiger partial charge in [-0.25, -0.2) is 13.2 Å². The molecular formula is C34H34Cl2N6O6S. The third-order valence-corrected chi connectivity index (χ3v) is 10.1. The second-order valence-electron chi connectivity index (χ2n) is 10.9. The van der Waals surface area contributed by atoms with Crippen LogP contribution in [0.15, 0.2) is 96.2 Å². The first kappa shape index (κ1) is 36.8. The van der Waals surface area contributed by atoms with Crippen LogP contribution in [0.4, 0.5) is 16.2 Å². The number of pyridine rings is 1. The number of fused-ring (bicyclic) bond motifs is 1. The van der Waals surface area contributed by atoms with Gasteiger partial charge in [0.2, 0.25) is 0 Å². The molecule has 1 N–H and O–H groups in total. The van der Waals surface area contributed by atoms with E-state index in [9.17, 15) is 18.5 Å². The second kappa shape index (κ2) is 15.0. The quantitative estimate of drug-likeness (QED) is 0.273. The number of nitrogens with one attached hydrogen (secondary N) is 1. The van der Waals surface area contributed by atoms with Crippen LogP contribution < -0.4 is 24.0 Å². The Kier molecular flexibility index (Phi) is 11.3. The number of amides is 3. The van der Waals surface area contributed by atoms with Gasteiger partial charge in [-0.15, -0.1) is 24.8 Å². The number of aromatic nitrogens is 1. The Balaban J connectivity index is 0.00000270. The third kappa shape index (κ3) is 6.42. The lowest BCUT2D eigenvalue weighted by molar-refractivity contribution is -0.121. The highest BCUT2D eigenvalue weighted by Gasteiger charge is 2.59. The van der Waals surface area contributed by atoms with E-state index in [0.29, 0.717) is 30.5 Å². The van der Waals surface area contributed by atoms with Crippen LogP contribution in [0, 0.1) is 11.3 Å². The molecule has 1 aromatic heterocycles. The number of carbonyl (C=O) groups excluding carboxylic acids is 2. The predicted octanol–water partition coefficient (Wildman–Crippen LogP) is 4.72. The van der Waals surface area contributed by atoms with Crippen LogP contribution in [-0.2, 0) is 20.4 Å². The highest BCUT2D eigenvalue weighted by Crippen LogP contribution is 2.50. The first-order valence-corrected chi connectivity index (χ1v) is 16.4. The Labute approximate surface area is 297 Å². The molecule has 12 nitrogen and oxygen atoms in total. The van der Waals surface area contributed by atoms with Crippen LogP contribution in [0.1, 0.15) is 23.6 Å². The fraction of sp³-hybridized carbons (Fsp3) is 0.235. The number of piperazine rings is 1. The Morgan fingerprint density at radius 3 is 2.24 bits per heavy atom. The Morgan fingerprint density at radius 1 is 0.939 bits per heavy atom. The van der Waals surface area contributed by atoms with Gasteiger partial charge < -0.3 is 24.6 Å². The van der Waals surface area contributed by atoms with Crippen molar-refractivity contribution in [2.24, 2.45) is 0 Å². The molecule has 1 atom stereocenters. The SMILES string of the molecule is CCOc1ccccc1C1(NC(=O)N2CCN(c3ccncc3)CC2)C(=O)N(S(=O)(=O)c2ccccc2OC)c2ccc(C#N)cc21.Cl.Cl. The summed E-state index contributed by atoms with van der Waals surface area (Å²) >= 11 is 0. The number of benzene rings is 3. The number of hydrogen-bond acceptors (Lipinski definition) is 9. The largest absolute Gasteiger partial charge is 0.495 e. The molecule has 1 unspecified atom stereocenters. The average Bonchev–Trinajstić information content (AvgIpc) is 3.36. The van der Waals surface area contributed by atoms with E-state index in [-0.39, 0.29) is 70.2 Å². The molecule has 0 saturated carbocycles. The first-order chi connectivity index (χ1) is 22.8. The molecule has 49 heavy (non-hydrogen) atoms. The Hall–Kier alpha value is -5.03. The molecule has 0 spiro atoms. The molecule has 256 valence electrons. The summed E-state index contributed by atoms with van der Waals surface area (Å²) < 4.78 is 40.8. The van der Waals surface area contributed by atoms with Gasteiger partial charge >= 0.3 is 6.03 Å². The van der Waals surface area contributed by atoms with Gasteiger partial charge in [-0.05, 0) is 55.5 Å². The summed E-state index contributed by atoms with van der Waals surface area (Å²) in [6.45, 7) is 3.73. The standard InChI is InChI=1S/C34H32N6O6S.2ClH/c1-3-46-29-9-5-4-8-26(29)34(37-33(42)39-20-18-38(19-21-39)25-14-16-36-17-15-25)27-22-24(23-35)12-13-28(27)40(32(34)41)47(43,44)31-11-7-6-10-30(31)45-2;;/h4-17,22H,3,18-21H2,1-2H3,(H,37,42);2*1H. The zero-order chi connectivity index (χ0) is 33.2. The minimum atomic E-state index is -4.61. The van der Waals surface area contributed by atoms with E-state index in [1.54, 1.807) is 54.5 Å². The summed E-state index contributed by atoms with van der Waals surface area (Å²) in [6, 6.07) is 22.2. The molecule has 0 bridgehead atoms. The molecule has 0 aliphatic carbocycles. The summed E-state index contributed by atoms with van der Waals surface area (Å²) in [4.78, 5) is 36.8. The average molecular weight is 726 g/mol. The molecule has 3 amide bonds. The summed E-state index contributed by atoms with van der Waals surface area (Å²) in [7, 11) is -3.27. The fourth-order valence-electron chi connectivity index (χ4n) is 6.10. The lowest BCUT2D eigenvalue weighted by atomic mass is 9.82. The number of urea groups is 1. The Bertz CT molecular complexity index is 1990. The maximum Gasteiger partial charge on any atom is 0.318 e. The molecular weight excluding hydrogens is 691 g/mol. The van der Waals surface area contributed by atoms with Gasteiger partial charge in [0.15, 0.2) is 5.54 Å². The maximum atomic E-state index is 15.0. The van der Waals surface area contributed by atoms with Crippen LogP contribution in [0.3, 0.4) is 0 Å². The smallest absolute Gasteiger partial charge is 0.318 e. The number of ether oxygens (including phenoxy) is 2.